The Bertz CT molecular complexity index is 941. The summed E-state index contributed by atoms with van der Waals surface area (Å²) in [5.41, 5.74) is 8.19. The molecule has 1 aromatic heterocycles. The average Bonchev–Trinajstić information content (AvgIpc) is 3.12. The molecular formula is C18H20BN5O4. The molecule has 1 amide bonds. The van der Waals surface area contributed by atoms with Crippen LogP contribution in [-0.2, 0) is 15.8 Å². The van der Waals surface area contributed by atoms with Gasteiger partial charge in [-0.2, -0.15) is 10.4 Å². The van der Waals surface area contributed by atoms with Crippen LogP contribution >= 0.6 is 0 Å². The van der Waals surface area contributed by atoms with Crippen molar-refractivity contribution in [2.75, 3.05) is 25.1 Å². The van der Waals surface area contributed by atoms with Gasteiger partial charge >= 0.3 is 7.12 Å². The van der Waals surface area contributed by atoms with E-state index in [1.807, 2.05) is 6.07 Å². The van der Waals surface area contributed by atoms with Crippen molar-refractivity contribution >= 4 is 30.0 Å². The molecule has 1 fully saturated rings. The Kier molecular flexibility index (Phi) is 5.04. The second-order valence-corrected chi connectivity index (χ2v) is 6.91. The number of carbonyl (C=O) groups is 1. The minimum Gasteiger partial charge on any atom is -0.423 e. The lowest BCUT2D eigenvalue weighted by Crippen LogP contribution is -2.41. The second kappa shape index (κ2) is 7.63. The summed E-state index contributed by atoms with van der Waals surface area (Å²) >= 11 is 0. The molecule has 9 nitrogen and oxygen atoms in total. The molecule has 2 atom stereocenters. The quantitative estimate of drug-likeness (QED) is 0.639. The molecule has 4 N–H and O–H groups in total. The molecule has 0 spiro atoms. The number of carbonyl (C=O) groups excluding carboxylic acids is 1. The molecule has 0 saturated carbocycles. The number of rotatable bonds is 4. The number of nitrogens with two attached hydrogens (primary N) is 1. The van der Waals surface area contributed by atoms with Gasteiger partial charge in [0, 0.05) is 25.1 Å². The van der Waals surface area contributed by atoms with Gasteiger partial charge in [0.15, 0.2) is 5.82 Å². The number of nitriles is 1. The van der Waals surface area contributed by atoms with Crippen LogP contribution in [0.15, 0.2) is 24.4 Å². The number of ether oxygens (including phenoxy) is 1. The number of benzene rings is 1. The molecule has 2 aromatic rings. The second-order valence-electron chi connectivity index (χ2n) is 6.91. The van der Waals surface area contributed by atoms with Gasteiger partial charge in [0.25, 0.3) is 5.91 Å². The van der Waals surface area contributed by atoms with Crippen molar-refractivity contribution in [3.05, 3.63) is 35.5 Å². The van der Waals surface area contributed by atoms with E-state index in [1.165, 1.54) is 0 Å². The van der Waals surface area contributed by atoms with Crippen molar-refractivity contribution in [3.8, 4) is 6.07 Å². The van der Waals surface area contributed by atoms with Crippen LogP contribution < -0.4 is 16.5 Å². The molecular weight excluding hydrogens is 361 g/mol. The zero-order chi connectivity index (χ0) is 19.7. The van der Waals surface area contributed by atoms with Crippen molar-refractivity contribution in [2.24, 2.45) is 11.7 Å². The lowest BCUT2D eigenvalue weighted by molar-refractivity contribution is 0.0342. The summed E-state index contributed by atoms with van der Waals surface area (Å²) in [7, 11) is -0.924. The molecule has 1 unspecified atom stereocenters. The van der Waals surface area contributed by atoms with E-state index in [-0.39, 0.29) is 17.5 Å². The van der Waals surface area contributed by atoms with Crippen LogP contribution in [0.2, 0.25) is 0 Å². The van der Waals surface area contributed by atoms with Crippen molar-refractivity contribution in [3.63, 3.8) is 0 Å². The molecule has 0 bridgehead atoms. The highest BCUT2D eigenvalue weighted by Crippen LogP contribution is 2.28. The van der Waals surface area contributed by atoms with E-state index in [0.29, 0.717) is 38.5 Å². The number of hydrogen-bond donors (Lipinski definition) is 3. The number of anilines is 2. The number of aromatic nitrogens is 2. The molecule has 1 aromatic carbocycles. The normalized spacial score (nSPS) is 21.6. The fraction of sp³-hybridized carbons (Fsp3) is 0.389. The van der Waals surface area contributed by atoms with Crippen molar-refractivity contribution in [1.29, 1.82) is 5.26 Å². The Morgan fingerprint density at radius 3 is 3.11 bits per heavy atom. The standard InChI is InChI=1S/C18H20BN5O4/c20-8-12-3-5-27-10-16(12)24-9-14(17(21)25)18(23-24)22-13-1-2-15-11(7-13)4-6-28-19(15)26/h1-2,7,9,12,16,26H,3-6,10H2,(H2,21,25)(H,22,23)/t12-,16?/m1/s1. The fourth-order valence-electron chi connectivity index (χ4n) is 3.62. The molecule has 2 aliphatic heterocycles. The van der Waals surface area contributed by atoms with Crippen molar-refractivity contribution < 1.29 is 19.2 Å². The van der Waals surface area contributed by atoms with Crippen molar-refractivity contribution in [2.45, 2.75) is 18.9 Å². The third-order valence-electron chi connectivity index (χ3n) is 5.15. The lowest BCUT2D eigenvalue weighted by atomic mass is 9.73. The van der Waals surface area contributed by atoms with E-state index in [2.05, 4.69) is 16.5 Å². The van der Waals surface area contributed by atoms with E-state index >= 15 is 0 Å². The number of fused-ring (bicyclic) bond motifs is 1. The maximum Gasteiger partial charge on any atom is 0.491 e. The molecule has 144 valence electrons. The predicted octanol–water partition coefficient (Wildman–Crippen LogP) is 0.0870. The summed E-state index contributed by atoms with van der Waals surface area (Å²) in [5, 5.41) is 26.9. The smallest absolute Gasteiger partial charge is 0.423 e. The minimum absolute atomic E-state index is 0.239. The largest absolute Gasteiger partial charge is 0.491 e. The third kappa shape index (κ3) is 3.47. The molecule has 0 aliphatic carbocycles. The van der Waals surface area contributed by atoms with Gasteiger partial charge in [-0.1, -0.05) is 6.07 Å². The van der Waals surface area contributed by atoms with Crippen LogP contribution in [0.25, 0.3) is 0 Å². The Labute approximate surface area is 162 Å². The molecule has 1 saturated heterocycles. The van der Waals surface area contributed by atoms with Crippen LogP contribution in [0.3, 0.4) is 0 Å². The fourth-order valence-corrected chi connectivity index (χ4v) is 3.62. The van der Waals surface area contributed by atoms with Crippen LogP contribution in [0, 0.1) is 17.2 Å². The van der Waals surface area contributed by atoms with E-state index in [4.69, 9.17) is 15.1 Å². The summed E-state index contributed by atoms with van der Waals surface area (Å²) < 4.78 is 12.3. The van der Waals surface area contributed by atoms with Gasteiger partial charge in [0.1, 0.15) is 5.56 Å². The highest BCUT2D eigenvalue weighted by molar-refractivity contribution is 6.60. The monoisotopic (exact) mass is 381 g/mol. The summed E-state index contributed by atoms with van der Waals surface area (Å²) in [6.07, 6.45) is 2.86. The van der Waals surface area contributed by atoms with E-state index in [9.17, 15) is 15.1 Å². The molecule has 3 heterocycles. The van der Waals surface area contributed by atoms with E-state index in [0.717, 1.165) is 16.7 Å². The van der Waals surface area contributed by atoms with Gasteiger partial charge in [-0.3, -0.25) is 9.48 Å². The number of hydrogen-bond acceptors (Lipinski definition) is 7. The molecule has 28 heavy (non-hydrogen) atoms. The Hall–Kier alpha value is -2.87. The van der Waals surface area contributed by atoms with E-state index < -0.39 is 13.0 Å². The van der Waals surface area contributed by atoms with Gasteiger partial charge in [-0.05, 0) is 36.0 Å². The maximum atomic E-state index is 11.9. The zero-order valence-corrected chi connectivity index (χ0v) is 15.2. The number of nitrogens with one attached hydrogen (secondary N) is 1. The Morgan fingerprint density at radius 2 is 2.32 bits per heavy atom. The first-order valence-electron chi connectivity index (χ1n) is 9.12. The summed E-state index contributed by atoms with van der Waals surface area (Å²) in [4.78, 5) is 11.9. The third-order valence-corrected chi connectivity index (χ3v) is 5.15. The predicted molar refractivity (Wildman–Crippen MR) is 101 cm³/mol. The summed E-state index contributed by atoms with van der Waals surface area (Å²) in [5.74, 6) is -0.532. The Balaban J connectivity index is 1.63. The zero-order valence-electron chi connectivity index (χ0n) is 15.2. The SMILES string of the molecule is N#C[C@H]1CCOCC1n1cc(C(N)=O)c(Nc2ccc3c(c2)CCOB3O)n1. The maximum absolute atomic E-state index is 11.9. The van der Waals surface area contributed by atoms with Crippen LogP contribution in [0.1, 0.15) is 28.4 Å². The van der Waals surface area contributed by atoms with Crippen LogP contribution in [0.5, 0.6) is 0 Å². The average molecular weight is 381 g/mol. The Morgan fingerprint density at radius 1 is 1.46 bits per heavy atom. The molecule has 2 aliphatic rings. The number of primary amides is 1. The van der Waals surface area contributed by atoms with Gasteiger partial charge in [-0.15, -0.1) is 0 Å². The van der Waals surface area contributed by atoms with Crippen LogP contribution in [0.4, 0.5) is 11.5 Å². The highest BCUT2D eigenvalue weighted by Gasteiger charge is 2.30. The highest BCUT2D eigenvalue weighted by atomic mass is 16.5. The lowest BCUT2D eigenvalue weighted by Gasteiger charge is -2.26. The molecule has 4 rings (SSSR count). The number of nitrogens with zero attached hydrogens (tertiary/aromatic N) is 3. The first-order chi connectivity index (χ1) is 13.6. The molecule has 10 heteroatoms. The topological polar surface area (TPSA) is 135 Å². The van der Waals surface area contributed by atoms with Crippen molar-refractivity contribution in [1.82, 2.24) is 9.78 Å². The summed E-state index contributed by atoms with van der Waals surface area (Å²) in [6, 6.07) is 7.47. The van der Waals surface area contributed by atoms with Gasteiger partial charge in [0.05, 0.1) is 24.6 Å². The van der Waals surface area contributed by atoms with Gasteiger partial charge in [-0.25, -0.2) is 0 Å². The molecule has 0 radical (unpaired) electrons. The number of amides is 1. The van der Waals surface area contributed by atoms with Gasteiger partial charge in [0.2, 0.25) is 0 Å². The first kappa shape index (κ1) is 18.5. The summed E-state index contributed by atoms with van der Waals surface area (Å²) in [6.45, 7) is 1.33. The minimum atomic E-state index is -0.924. The van der Waals surface area contributed by atoms with Gasteiger partial charge < -0.3 is 25.5 Å². The van der Waals surface area contributed by atoms with E-state index in [1.54, 1.807) is 23.0 Å². The van der Waals surface area contributed by atoms with Crippen LogP contribution in [-0.4, -0.2) is 47.7 Å². The first-order valence-corrected chi connectivity index (χ1v) is 9.12.